The molecule has 2 bridgehead atoms. The zero-order valence-corrected chi connectivity index (χ0v) is 19.9. The molecule has 0 saturated carbocycles. The van der Waals surface area contributed by atoms with Gasteiger partial charge in [0, 0.05) is 12.6 Å². The van der Waals surface area contributed by atoms with Gasteiger partial charge in [0.15, 0.2) is 0 Å². The Morgan fingerprint density at radius 1 is 1.31 bits per heavy atom. The highest BCUT2D eigenvalue weighted by Crippen LogP contribution is 2.64. The van der Waals surface area contributed by atoms with Gasteiger partial charge in [-0.15, -0.1) is 6.58 Å². The molecule has 8 heteroatoms. The van der Waals surface area contributed by atoms with Crippen LogP contribution in [-0.4, -0.2) is 80.3 Å². The zero-order valence-electron chi connectivity index (χ0n) is 19.9. The van der Waals surface area contributed by atoms with Gasteiger partial charge in [0.2, 0.25) is 11.8 Å². The maximum absolute atomic E-state index is 14.0. The lowest BCUT2D eigenvalue weighted by Crippen LogP contribution is -2.60. The van der Waals surface area contributed by atoms with Crippen LogP contribution in [0.4, 0.5) is 0 Å². The molecule has 3 aliphatic rings. The number of carboxylic acids is 1. The maximum Gasteiger partial charge on any atom is 0.310 e. The van der Waals surface area contributed by atoms with Crippen LogP contribution in [0.25, 0.3) is 0 Å². The van der Waals surface area contributed by atoms with Crippen LogP contribution in [0, 0.1) is 17.8 Å². The molecule has 3 rings (SSSR count). The van der Waals surface area contributed by atoms with Crippen molar-refractivity contribution >= 4 is 17.8 Å². The Balaban J connectivity index is 2.17. The maximum atomic E-state index is 14.0. The fourth-order valence-corrected chi connectivity index (χ4v) is 6.38. The molecular weight excluding hydrogens is 412 g/mol. The summed E-state index contributed by atoms with van der Waals surface area (Å²) in [5.41, 5.74) is -2.13. The molecule has 2 unspecified atom stereocenters. The van der Waals surface area contributed by atoms with Gasteiger partial charge in [-0.1, -0.05) is 26.8 Å². The lowest BCUT2D eigenvalue weighted by atomic mass is 9.65. The number of aliphatic carboxylic acids is 1. The monoisotopic (exact) mass is 450 g/mol. The molecule has 1 spiro atoms. The summed E-state index contributed by atoms with van der Waals surface area (Å²) in [5.74, 6) is -3.46. The summed E-state index contributed by atoms with van der Waals surface area (Å²) in [7, 11) is 0. The van der Waals surface area contributed by atoms with Crippen molar-refractivity contribution in [3.05, 3.63) is 12.7 Å². The lowest BCUT2D eigenvalue weighted by molar-refractivity contribution is -0.161. The number of hydrogen-bond acceptors (Lipinski definition) is 5. The van der Waals surface area contributed by atoms with Crippen LogP contribution in [0.3, 0.4) is 0 Å². The summed E-state index contributed by atoms with van der Waals surface area (Å²) < 4.78 is 6.54. The molecular formula is C24H38N2O6. The van der Waals surface area contributed by atoms with Crippen molar-refractivity contribution < 1.29 is 29.3 Å². The van der Waals surface area contributed by atoms with Crippen molar-refractivity contribution in [2.75, 3.05) is 13.2 Å². The summed E-state index contributed by atoms with van der Waals surface area (Å²) in [4.78, 5) is 43.4. The Labute approximate surface area is 190 Å². The molecule has 180 valence electrons. The van der Waals surface area contributed by atoms with E-state index in [4.69, 9.17) is 4.74 Å². The predicted octanol–water partition coefficient (Wildman–Crippen LogP) is 2.06. The first-order valence-corrected chi connectivity index (χ1v) is 11.8. The molecule has 0 aromatic rings. The Morgan fingerprint density at radius 3 is 2.44 bits per heavy atom. The summed E-state index contributed by atoms with van der Waals surface area (Å²) in [6.07, 6.45) is 3.57. The quantitative estimate of drug-likeness (QED) is 0.494. The Kier molecular flexibility index (Phi) is 6.78. The van der Waals surface area contributed by atoms with Crippen molar-refractivity contribution in [2.45, 2.75) is 89.6 Å². The first kappa shape index (κ1) is 24.7. The number of aliphatic hydroxyl groups excluding tert-OH is 1. The van der Waals surface area contributed by atoms with Gasteiger partial charge in [-0.25, -0.2) is 0 Å². The highest BCUT2D eigenvalue weighted by atomic mass is 16.5. The molecule has 32 heavy (non-hydrogen) atoms. The van der Waals surface area contributed by atoms with Crippen LogP contribution < -0.4 is 0 Å². The Hall–Kier alpha value is -1.93. The average molecular weight is 451 g/mol. The van der Waals surface area contributed by atoms with Gasteiger partial charge in [0.1, 0.15) is 17.6 Å². The van der Waals surface area contributed by atoms with Gasteiger partial charge < -0.3 is 24.7 Å². The smallest absolute Gasteiger partial charge is 0.310 e. The molecule has 3 saturated heterocycles. The first-order chi connectivity index (χ1) is 15.0. The molecule has 8 nitrogen and oxygen atoms in total. The van der Waals surface area contributed by atoms with Gasteiger partial charge in [-0.05, 0) is 45.4 Å². The summed E-state index contributed by atoms with van der Waals surface area (Å²) in [5, 5.41) is 20.3. The van der Waals surface area contributed by atoms with Gasteiger partial charge in [0.25, 0.3) is 0 Å². The summed E-state index contributed by atoms with van der Waals surface area (Å²) >= 11 is 0. The number of fused-ring (bicyclic) bond motifs is 1. The lowest BCUT2D eigenvalue weighted by Gasteiger charge is -2.41. The zero-order chi connectivity index (χ0) is 24.0. The third kappa shape index (κ3) is 3.46. The van der Waals surface area contributed by atoms with E-state index in [1.165, 1.54) is 4.90 Å². The minimum Gasteiger partial charge on any atom is -0.481 e. The average Bonchev–Trinajstić information content (AvgIpc) is 3.33. The third-order valence-corrected chi connectivity index (χ3v) is 7.70. The number of carbonyl (C=O) groups is 3. The Morgan fingerprint density at radius 2 is 1.97 bits per heavy atom. The third-order valence-electron chi connectivity index (χ3n) is 7.70. The Bertz CT molecular complexity index is 782. The number of hydrogen-bond donors (Lipinski definition) is 2. The molecule has 2 amide bonds. The predicted molar refractivity (Wildman–Crippen MR) is 119 cm³/mol. The van der Waals surface area contributed by atoms with Crippen LogP contribution in [0.1, 0.15) is 60.3 Å². The van der Waals surface area contributed by atoms with E-state index in [1.54, 1.807) is 11.0 Å². The van der Waals surface area contributed by atoms with E-state index in [9.17, 15) is 24.6 Å². The first-order valence-electron chi connectivity index (χ1n) is 11.8. The number of aliphatic hydroxyl groups is 1. The second-order valence-corrected chi connectivity index (χ2v) is 10.3. The largest absolute Gasteiger partial charge is 0.481 e. The van der Waals surface area contributed by atoms with E-state index >= 15 is 0 Å². The standard InChI is InChI=1S/C24H38N2O6/c1-7-11-25(15(5)6)21(29)19-24-10-9-23(8-2,32-24)18(22(30)31)17(24)20(28)26(19)16(13-27)12-14(3)4/h7,14-19,27H,1,8-13H2,2-6H3,(H,30,31)/t16-,17+,18-,19?,23+,24?/m1/s1. The van der Waals surface area contributed by atoms with Crippen LogP contribution >= 0.6 is 0 Å². The molecule has 3 aliphatic heterocycles. The minimum absolute atomic E-state index is 0.139. The van der Waals surface area contributed by atoms with E-state index in [2.05, 4.69) is 6.58 Å². The minimum atomic E-state index is -1.19. The van der Waals surface area contributed by atoms with E-state index < -0.39 is 41.1 Å². The fourth-order valence-electron chi connectivity index (χ4n) is 6.38. The van der Waals surface area contributed by atoms with E-state index in [0.29, 0.717) is 32.2 Å². The van der Waals surface area contributed by atoms with Crippen molar-refractivity contribution in [1.82, 2.24) is 9.80 Å². The van der Waals surface area contributed by atoms with Gasteiger partial charge in [-0.2, -0.15) is 0 Å². The molecule has 3 heterocycles. The molecule has 0 aromatic heterocycles. The van der Waals surface area contributed by atoms with Gasteiger partial charge >= 0.3 is 5.97 Å². The second-order valence-electron chi connectivity index (χ2n) is 10.3. The van der Waals surface area contributed by atoms with Crippen LogP contribution in [0.5, 0.6) is 0 Å². The number of nitrogens with zero attached hydrogens (tertiary/aromatic N) is 2. The molecule has 0 radical (unpaired) electrons. The van der Waals surface area contributed by atoms with E-state index in [-0.39, 0.29) is 30.4 Å². The second kappa shape index (κ2) is 8.78. The van der Waals surface area contributed by atoms with Crippen molar-refractivity contribution in [3.63, 3.8) is 0 Å². The number of carbonyl (C=O) groups excluding carboxylic acids is 2. The number of rotatable bonds is 10. The fraction of sp³-hybridized carbons (Fsp3) is 0.792. The summed E-state index contributed by atoms with van der Waals surface area (Å²) in [6.45, 7) is 13.4. The highest BCUT2D eigenvalue weighted by molar-refractivity contribution is 5.98. The molecule has 0 aliphatic carbocycles. The van der Waals surface area contributed by atoms with Crippen LogP contribution in [0.15, 0.2) is 12.7 Å². The molecule has 0 aromatic carbocycles. The SMILES string of the molecule is C=CCN(C(=O)C1N([C@@H](CO)CC(C)C)C(=O)[C@@H]2[C@H](C(=O)O)[C@]3(CC)CCC12O3)C(C)C. The number of likely N-dealkylation sites (tertiary alicyclic amines) is 1. The van der Waals surface area contributed by atoms with Crippen LogP contribution in [-0.2, 0) is 19.1 Å². The van der Waals surface area contributed by atoms with Gasteiger partial charge in [0.05, 0.1) is 24.2 Å². The van der Waals surface area contributed by atoms with Crippen molar-refractivity contribution in [3.8, 4) is 0 Å². The van der Waals surface area contributed by atoms with E-state index in [1.807, 2.05) is 34.6 Å². The number of ether oxygens (including phenoxy) is 1. The van der Waals surface area contributed by atoms with Crippen molar-refractivity contribution in [1.29, 1.82) is 0 Å². The molecule has 3 fully saturated rings. The normalized spacial score (nSPS) is 34.3. The summed E-state index contributed by atoms with van der Waals surface area (Å²) in [6, 6.07) is -1.68. The molecule has 2 N–H and O–H groups in total. The highest BCUT2D eigenvalue weighted by Gasteiger charge is 2.79. The van der Waals surface area contributed by atoms with Gasteiger partial charge in [-0.3, -0.25) is 14.4 Å². The molecule has 6 atom stereocenters. The number of carboxylic acid groups (broad SMARTS) is 1. The number of amides is 2. The van der Waals surface area contributed by atoms with E-state index in [0.717, 1.165) is 0 Å². The van der Waals surface area contributed by atoms with Crippen molar-refractivity contribution in [2.24, 2.45) is 17.8 Å². The topological polar surface area (TPSA) is 107 Å². The van der Waals surface area contributed by atoms with Crippen LogP contribution in [0.2, 0.25) is 0 Å².